The van der Waals surface area contributed by atoms with Crippen molar-refractivity contribution in [2.75, 3.05) is 0 Å². The molecule has 0 radical (unpaired) electrons. The quantitative estimate of drug-likeness (QED) is 0.654. The van der Waals surface area contributed by atoms with Crippen LogP contribution in [0.15, 0.2) is 35.1 Å². The Morgan fingerprint density at radius 3 is 2.81 bits per heavy atom. The van der Waals surface area contributed by atoms with Crippen LogP contribution < -0.4 is 5.73 Å². The summed E-state index contributed by atoms with van der Waals surface area (Å²) in [4.78, 5) is 0. The summed E-state index contributed by atoms with van der Waals surface area (Å²) in [6, 6.07) is 4.46. The molecule has 0 aliphatic rings. The van der Waals surface area contributed by atoms with Gasteiger partial charge in [-0.2, -0.15) is 5.10 Å². The van der Waals surface area contributed by atoms with Crippen molar-refractivity contribution >= 4 is 21.8 Å². The molecule has 3 N–H and O–H groups in total. The minimum atomic E-state index is -0.531. The lowest BCUT2D eigenvalue weighted by atomic mass is 10.1. The van der Waals surface area contributed by atoms with Gasteiger partial charge in [0.05, 0.1) is 21.9 Å². The Labute approximate surface area is 99.5 Å². The topological polar surface area (TPSA) is 67.7 Å². The van der Waals surface area contributed by atoms with Crippen molar-refractivity contribution in [3.8, 4) is 5.69 Å². The first kappa shape index (κ1) is 10.8. The molecule has 4 nitrogen and oxygen atoms in total. The summed E-state index contributed by atoms with van der Waals surface area (Å²) in [7, 11) is 0. The van der Waals surface area contributed by atoms with Gasteiger partial charge in [-0.15, -0.1) is 0 Å². The highest BCUT2D eigenvalue weighted by Gasteiger charge is 2.13. The van der Waals surface area contributed by atoms with Crippen molar-refractivity contribution in [2.24, 2.45) is 5.73 Å². The van der Waals surface area contributed by atoms with E-state index in [1.807, 2.05) is 0 Å². The molecule has 0 saturated heterocycles. The lowest BCUT2D eigenvalue weighted by Gasteiger charge is -2.08. The molecular weight excluding hydrogens is 275 g/mol. The normalized spacial score (nSPS) is 10.4. The summed E-state index contributed by atoms with van der Waals surface area (Å²) in [5.41, 5.74) is 5.85. The number of hydrogen-bond donors (Lipinski definition) is 2. The first-order valence-electron chi connectivity index (χ1n) is 4.43. The van der Waals surface area contributed by atoms with E-state index in [4.69, 9.17) is 11.1 Å². The highest BCUT2D eigenvalue weighted by atomic mass is 79.9. The molecule has 0 amide bonds. The first-order valence-corrected chi connectivity index (χ1v) is 5.22. The minimum absolute atomic E-state index is 0.0538. The fraction of sp³-hybridized carbons (Fsp3) is 0. The van der Waals surface area contributed by atoms with Gasteiger partial charge in [-0.05, 0) is 28.1 Å². The zero-order valence-electron chi connectivity index (χ0n) is 8.11. The zero-order valence-corrected chi connectivity index (χ0v) is 9.70. The van der Waals surface area contributed by atoms with Gasteiger partial charge < -0.3 is 5.73 Å². The largest absolute Gasteiger partial charge is 0.384 e. The summed E-state index contributed by atoms with van der Waals surface area (Å²) < 4.78 is 15.8. The van der Waals surface area contributed by atoms with Gasteiger partial charge in [-0.3, -0.25) is 5.41 Å². The van der Waals surface area contributed by atoms with E-state index in [1.54, 1.807) is 24.5 Å². The summed E-state index contributed by atoms with van der Waals surface area (Å²) in [6.45, 7) is 0. The van der Waals surface area contributed by atoms with Crippen LogP contribution in [0.4, 0.5) is 4.39 Å². The van der Waals surface area contributed by atoms with Crippen molar-refractivity contribution in [3.05, 3.63) is 46.4 Å². The average molecular weight is 283 g/mol. The van der Waals surface area contributed by atoms with E-state index < -0.39 is 5.82 Å². The number of amidine groups is 1. The summed E-state index contributed by atoms with van der Waals surface area (Å²) >= 11 is 3.25. The molecule has 82 valence electrons. The molecule has 2 aromatic rings. The van der Waals surface area contributed by atoms with E-state index in [2.05, 4.69) is 21.0 Å². The van der Waals surface area contributed by atoms with Crippen LogP contribution in [0.2, 0.25) is 0 Å². The number of nitrogens with two attached hydrogens (primary N) is 1. The second-order valence-corrected chi connectivity index (χ2v) is 4.07. The number of nitrogens with zero attached hydrogens (tertiary/aromatic N) is 2. The van der Waals surface area contributed by atoms with E-state index in [9.17, 15) is 4.39 Å². The van der Waals surface area contributed by atoms with Crippen molar-refractivity contribution < 1.29 is 4.39 Å². The molecule has 0 unspecified atom stereocenters. The van der Waals surface area contributed by atoms with Gasteiger partial charge in [-0.1, -0.05) is 6.07 Å². The Balaban J connectivity index is 2.65. The Morgan fingerprint density at radius 2 is 2.25 bits per heavy atom. The molecule has 0 bridgehead atoms. The van der Waals surface area contributed by atoms with Crippen molar-refractivity contribution in [1.29, 1.82) is 5.41 Å². The molecule has 0 spiro atoms. The third-order valence-electron chi connectivity index (χ3n) is 2.06. The second-order valence-electron chi connectivity index (χ2n) is 3.15. The Hall–Kier alpha value is -1.69. The zero-order chi connectivity index (χ0) is 11.7. The predicted molar refractivity (Wildman–Crippen MR) is 62.2 cm³/mol. The van der Waals surface area contributed by atoms with Crippen LogP contribution in [0.25, 0.3) is 5.69 Å². The van der Waals surface area contributed by atoms with Gasteiger partial charge >= 0.3 is 0 Å². The Morgan fingerprint density at radius 1 is 1.50 bits per heavy atom. The first-order chi connectivity index (χ1) is 7.59. The van der Waals surface area contributed by atoms with E-state index in [0.717, 1.165) is 4.47 Å². The molecule has 0 fully saturated rings. The highest BCUT2D eigenvalue weighted by molar-refractivity contribution is 9.10. The number of nitrogens with one attached hydrogen (secondary N) is 1. The van der Waals surface area contributed by atoms with Gasteiger partial charge in [0, 0.05) is 6.20 Å². The molecule has 1 heterocycles. The van der Waals surface area contributed by atoms with Crippen LogP contribution >= 0.6 is 15.9 Å². The standard InChI is InChI=1S/C10H8BrFN4/c11-6-4-15-16(5-6)8-3-1-2-7(12)9(8)10(13)14/h1-5H,(H3,13,14). The summed E-state index contributed by atoms with van der Waals surface area (Å²) in [5.74, 6) is -0.851. The highest BCUT2D eigenvalue weighted by Crippen LogP contribution is 2.18. The number of nitrogen functional groups attached to an aromatic ring is 1. The minimum Gasteiger partial charge on any atom is -0.384 e. The lowest BCUT2D eigenvalue weighted by Crippen LogP contribution is -2.17. The Bertz CT molecular complexity index is 550. The molecular formula is C10H8BrFN4. The number of aromatic nitrogens is 2. The molecule has 6 heteroatoms. The predicted octanol–water partition coefficient (Wildman–Crippen LogP) is 2.06. The maximum atomic E-state index is 13.5. The molecule has 0 saturated carbocycles. The fourth-order valence-electron chi connectivity index (χ4n) is 1.40. The number of rotatable bonds is 2. The third kappa shape index (κ3) is 1.83. The van der Waals surface area contributed by atoms with Crippen molar-refractivity contribution in [3.63, 3.8) is 0 Å². The summed E-state index contributed by atoms with van der Waals surface area (Å²) in [6.07, 6.45) is 3.25. The van der Waals surface area contributed by atoms with Crippen LogP contribution in [0.3, 0.4) is 0 Å². The third-order valence-corrected chi connectivity index (χ3v) is 2.47. The van der Waals surface area contributed by atoms with Crippen LogP contribution in [-0.2, 0) is 0 Å². The van der Waals surface area contributed by atoms with E-state index in [-0.39, 0.29) is 11.4 Å². The van der Waals surface area contributed by atoms with Gasteiger partial charge in [0.1, 0.15) is 11.7 Å². The van der Waals surface area contributed by atoms with Gasteiger partial charge in [0.15, 0.2) is 0 Å². The number of halogens is 2. The summed E-state index contributed by atoms with van der Waals surface area (Å²) in [5, 5.41) is 11.4. The van der Waals surface area contributed by atoms with Crippen molar-refractivity contribution in [2.45, 2.75) is 0 Å². The molecule has 16 heavy (non-hydrogen) atoms. The maximum absolute atomic E-state index is 13.5. The molecule has 0 aliphatic carbocycles. The molecule has 0 aliphatic heterocycles. The lowest BCUT2D eigenvalue weighted by molar-refractivity contribution is 0.622. The van der Waals surface area contributed by atoms with Crippen molar-refractivity contribution in [1.82, 2.24) is 9.78 Å². The van der Waals surface area contributed by atoms with Gasteiger partial charge in [0.25, 0.3) is 0 Å². The Kier molecular flexibility index (Phi) is 2.74. The van der Waals surface area contributed by atoms with E-state index in [1.165, 1.54) is 10.7 Å². The van der Waals surface area contributed by atoms with E-state index in [0.29, 0.717) is 5.69 Å². The number of hydrogen-bond acceptors (Lipinski definition) is 2. The van der Waals surface area contributed by atoms with Gasteiger partial charge in [0.2, 0.25) is 0 Å². The molecule has 1 aromatic carbocycles. The van der Waals surface area contributed by atoms with Gasteiger partial charge in [-0.25, -0.2) is 9.07 Å². The average Bonchev–Trinajstić information content (AvgIpc) is 2.63. The second kappa shape index (κ2) is 4.05. The van der Waals surface area contributed by atoms with Crippen LogP contribution in [0.5, 0.6) is 0 Å². The number of benzene rings is 1. The maximum Gasteiger partial charge on any atom is 0.136 e. The van der Waals surface area contributed by atoms with Crippen LogP contribution in [0.1, 0.15) is 5.56 Å². The molecule has 2 rings (SSSR count). The molecule has 1 aromatic heterocycles. The molecule has 0 atom stereocenters. The fourth-order valence-corrected chi connectivity index (χ4v) is 1.69. The smallest absolute Gasteiger partial charge is 0.136 e. The SMILES string of the molecule is N=C(N)c1c(F)cccc1-n1cc(Br)cn1. The van der Waals surface area contributed by atoms with Crippen LogP contribution in [0, 0.1) is 11.2 Å². The van der Waals surface area contributed by atoms with E-state index >= 15 is 0 Å². The van der Waals surface area contributed by atoms with Crippen LogP contribution in [-0.4, -0.2) is 15.6 Å². The monoisotopic (exact) mass is 282 g/mol.